The summed E-state index contributed by atoms with van der Waals surface area (Å²) in [6, 6.07) is 7.91. The van der Waals surface area contributed by atoms with Crippen LogP contribution in [0.5, 0.6) is 0 Å². The average molecular weight is 487 g/mol. The molecule has 1 fully saturated rings. The molecule has 0 bridgehead atoms. The lowest BCUT2D eigenvalue weighted by Gasteiger charge is -2.12. The molecule has 1 aromatic carbocycles. The van der Waals surface area contributed by atoms with E-state index in [0.717, 1.165) is 23.2 Å². The molecule has 36 heavy (non-hydrogen) atoms. The monoisotopic (exact) mass is 486 g/mol. The van der Waals surface area contributed by atoms with Crippen LogP contribution in [0.4, 0.5) is 5.95 Å². The number of nitrogens with one attached hydrogen (secondary N) is 2. The van der Waals surface area contributed by atoms with E-state index in [1.165, 1.54) is 0 Å². The van der Waals surface area contributed by atoms with E-state index in [9.17, 15) is 9.90 Å². The van der Waals surface area contributed by atoms with Gasteiger partial charge in [0.05, 0.1) is 24.0 Å². The predicted molar refractivity (Wildman–Crippen MR) is 126 cm³/mol. The van der Waals surface area contributed by atoms with Crippen LogP contribution >= 0.6 is 0 Å². The Morgan fingerprint density at radius 3 is 2.81 bits per heavy atom. The number of aryl methyl sites for hydroxylation is 2. The summed E-state index contributed by atoms with van der Waals surface area (Å²) in [5.41, 5.74) is 3.95. The van der Waals surface area contributed by atoms with Gasteiger partial charge in [0.15, 0.2) is 17.0 Å². The number of benzene rings is 1. The quantitative estimate of drug-likeness (QED) is 0.289. The third kappa shape index (κ3) is 4.35. The number of aromatic amines is 1. The number of aromatic nitrogens is 11. The van der Waals surface area contributed by atoms with Crippen molar-refractivity contribution in [1.29, 1.82) is 0 Å². The number of hydrogen-bond acceptors (Lipinski definition) is 10. The Hall–Kier alpha value is -4.75. The van der Waals surface area contributed by atoms with Gasteiger partial charge in [-0.2, -0.15) is 20.0 Å². The number of anilines is 1. The van der Waals surface area contributed by atoms with Gasteiger partial charge in [-0.1, -0.05) is 22.6 Å². The number of rotatable bonds is 8. The van der Waals surface area contributed by atoms with E-state index < -0.39 is 5.97 Å². The molecule has 182 valence electrons. The lowest BCUT2D eigenvalue weighted by molar-refractivity contribution is -0.141. The van der Waals surface area contributed by atoms with Gasteiger partial charge in [0.25, 0.3) is 0 Å². The molecule has 6 rings (SSSR count). The normalized spacial score (nSPS) is 17.6. The Balaban J connectivity index is 1.17. The van der Waals surface area contributed by atoms with Crippen molar-refractivity contribution in [2.75, 3.05) is 5.32 Å². The van der Waals surface area contributed by atoms with Gasteiger partial charge in [-0.05, 0) is 37.0 Å². The molecule has 0 amide bonds. The minimum atomic E-state index is -0.752. The second-order valence-corrected chi connectivity index (χ2v) is 8.71. The van der Waals surface area contributed by atoms with E-state index in [0.29, 0.717) is 48.7 Å². The molecule has 0 saturated heterocycles. The van der Waals surface area contributed by atoms with Crippen LogP contribution in [0, 0.1) is 5.92 Å². The molecule has 5 aromatic rings. The van der Waals surface area contributed by atoms with Gasteiger partial charge in [-0.3, -0.25) is 9.48 Å². The number of fused-ring (bicyclic) bond motifs is 1. The standard InChI is InChI=1S/C22H22N12O2/c35-21(36)14-1-4-16(9-14)25-22-23-11-18-20(26-22)34(32-27-18)17-5-2-13(3-6-17)15-10-24-33(12-15)8-7-19-28-30-31-29-19/h2-3,5-6,10-12,14,16H,1,4,7-9H2,(H,35,36)(H,23,25,26)(H,28,29,30,31)/t14-,16-/m1/s1. The molecular weight excluding hydrogens is 464 g/mol. The van der Waals surface area contributed by atoms with Crippen molar-refractivity contribution in [3.63, 3.8) is 0 Å². The van der Waals surface area contributed by atoms with Crippen LogP contribution < -0.4 is 5.32 Å². The lowest BCUT2D eigenvalue weighted by atomic mass is 10.1. The molecule has 0 unspecified atom stereocenters. The Kier molecular flexibility index (Phi) is 5.52. The van der Waals surface area contributed by atoms with Gasteiger partial charge in [0.2, 0.25) is 5.95 Å². The summed E-state index contributed by atoms with van der Waals surface area (Å²) >= 11 is 0. The van der Waals surface area contributed by atoms with Crippen LogP contribution in [0.3, 0.4) is 0 Å². The molecular formula is C22H22N12O2. The summed E-state index contributed by atoms with van der Waals surface area (Å²) in [6.07, 6.45) is 8.03. The second kappa shape index (κ2) is 9.13. The van der Waals surface area contributed by atoms with Crippen LogP contribution in [0.1, 0.15) is 25.1 Å². The molecule has 4 aromatic heterocycles. The van der Waals surface area contributed by atoms with Crippen LogP contribution in [-0.2, 0) is 17.8 Å². The van der Waals surface area contributed by atoms with E-state index >= 15 is 0 Å². The van der Waals surface area contributed by atoms with Crippen molar-refractivity contribution in [2.45, 2.75) is 38.3 Å². The fourth-order valence-corrected chi connectivity index (χ4v) is 4.42. The van der Waals surface area contributed by atoms with Crippen molar-refractivity contribution in [1.82, 2.24) is 55.4 Å². The minimum Gasteiger partial charge on any atom is -0.481 e. The zero-order valence-corrected chi connectivity index (χ0v) is 19.1. The highest BCUT2D eigenvalue weighted by Crippen LogP contribution is 2.28. The number of H-pyrrole nitrogens is 1. The van der Waals surface area contributed by atoms with Gasteiger partial charge < -0.3 is 10.4 Å². The van der Waals surface area contributed by atoms with Crippen molar-refractivity contribution in [3.8, 4) is 16.8 Å². The van der Waals surface area contributed by atoms with E-state index in [1.807, 2.05) is 41.3 Å². The first-order valence-corrected chi connectivity index (χ1v) is 11.6. The average Bonchev–Trinajstić information content (AvgIpc) is 3.70. The van der Waals surface area contributed by atoms with E-state index in [-0.39, 0.29) is 12.0 Å². The maximum Gasteiger partial charge on any atom is 0.306 e. The Bertz CT molecular complexity index is 1490. The van der Waals surface area contributed by atoms with Gasteiger partial charge in [0.1, 0.15) is 0 Å². The van der Waals surface area contributed by atoms with Crippen molar-refractivity contribution in [3.05, 3.63) is 48.7 Å². The smallest absolute Gasteiger partial charge is 0.306 e. The second-order valence-electron chi connectivity index (χ2n) is 8.71. The Labute approximate surface area is 203 Å². The van der Waals surface area contributed by atoms with Gasteiger partial charge in [-0.15, -0.1) is 15.3 Å². The van der Waals surface area contributed by atoms with Gasteiger partial charge >= 0.3 is 5.97 Å². The van der Waals surface area contributed by atoms with Crippen molar-refractivity contribution < 1.29 is 9.90 Å². The topological polar surface area (TPSA) is 178 Å². The van der Waals surface area contributed by atoms with Crippen molar-refractivity contribution in [2.24, 2.45) is 5.92 Å². The molecule has 1 saturated carbocycles. The Morgan fingerprint density at radius 1 is 1.14 bits per heavy atom. The number of aliphatic carboxylic acids is 1. The highest BCUT2D eigenvalue weighted by atomic mass is 16.4. The molecule has 2 atom stereocenters. The molecule has 0 aliphatic heterocycles. The molecule has 0 radical (unpaired) electrons. The van der Waals surface area contributed by atoms with E-state index in [4.69, 9.17) is 0 Å². The third-order valence-corrected chi connectivity index (χ3v) is 6.34. The predicted octanol–water partition coefficient (Wildman–Crippen LogP) is 1.49. The SMILES string of the molecule is O=C(O)[C@@H]1CC[C@@H](Nc2ncc3nnn(-c4ccc(-c5cnn(CCc6nn[nH]n6)c5)cc4)c3n2)C1. The maximum absolute atomic E-state index is 11.2. The lowest BCUT2D eigenvalue weighted by Crippen LogP contribution is -2.19. The summed E-state index contributed by atoms with van der Waals surface area (Å²) in [5.74, 6) is 0.00498. The molecule has 4 heterocycles. The number of carboxylic acids is 1. The fraction of sp³-hybridized carbons (Fsp3) is 0.318. The van der Waals surface area contributed by atoms with Crippen LogP contribution in [0.15, 0.2) is 42.9 Å². The van der Waals surface area contributed by atoms with Crippen LogP contribution in [0.25, 0.3) is 28.0 Å². The summed E-state index contributed by atoms with van der Waals surface area (Å²) < 4.78 is 3.51. The molecule has 14 heteroatoms. The zero-order chi connectivity index (χ0) is 24.5. The van der Waals surface area contributed by atoms with Crippen LogP contribution in [0.2, 0.25) is 0 Å². The molecule has 0 spiro atoms. The maximum atomic E-state index is 11.2. The number of tetrazole rings is 1. The molecule has 1 aliphatic rings. The van der Waals surface area contributed by atoms with Crippen LogP contribution in [-0.4, -0.2) is 72.5 Å². The van der Waals surface area contributed by atoms with E-state index in [1.54, 1.807) is 10.9 Å². The largest absolute Gasteiger partial charge is 0.481 e. The van der Waals surface area contributed by atoms with Crippen molar-refractivity contribution >= 4 is 23.1 Å². The third-order valence-electron chi connectivity index (χ3n) is 6.34. The first-order chi connectivity index (χ1) is 17.6. The highest BCUT2D eigenvalue weighted by molar-refractivity contribution is 5.73. The highest BCUT2D eigenvalue weighted by Gasteiger charge is 2.30. The first-order valence-electron chi connectivity index (χ1n) is 11.6. The van der Waals surface area contributed by atoms with E-state index in [2.05, 4.69) is 51.3 Å². The zero-order valence-electron chi connectivity index (χ0n) is 19.1. The summed E-state index contributed by atoms with van der Waals surface area (Å²) in [4.78, 5) is 20.2. The Morgan fingerprint density at radius 2 is 2.03 bits per heavy atom. The van der Waals surface area contributed by atoms with Gasteiger partial charge in [0, 0.05) is 30.8 Å². The molecule has 1 aliphatic carbocycles. The summed E-state index contributed by atoms with van der Waals surface area (Å²) in [5, 5.41) is 39.3. The molecule has 3 N–H and O–H groups in total. The number of carboxylic acid groups (broad SMARTS) is 1. The fourth-order valence-electron chi connectivity index (χ4n) is 4.42. The summed E-state index contributed by atoms with van der Waals surface area (Å²) in [7, 11) is 0. The minimum absolute atomic E-state index is 0.0280. The number of carbonyl (C=O) groups is 1. The first kappa shape index (κ1) is 21.8. The number of nitrogens with zero attached hydrogens (tertiary/aromatic N) is 10. The van der Waals surface area contributed by atoms with Gasteiger partial charge in [-0.25, -0.2) is 4.98 Å². The molecule has 14 nitrogen and oxygen atoms in total. The number of hydrogen-bond donors (Lipinski definition) is 3. The summed E-state index contributed by atoms with van der Waals surface area (Å²) in [6.45, 7) is 0.649.